The van der Waals surface area contributed by atoms with Crippen LogP contribution in [0, 0.1) is 0 Å². The Balaban J connectivity index is 2.41. The number of rotatable bonds is 1. The fourth-order valence-electron chi connectivity index (χ4n) is 0.817. The van der Waals surface area contributed by atoms with E-state index in [2.05, 4.69) is 14.3 Å². The molecule has 2 rings (SSSR count). The fraction of sp³-hybridized carbons (Fsp3) is 0. The average Bonchev–Trinajstić information content (AvgIpc) is 2.53. The summed E-state index contributed by atoms with van der Waals surface area (Å²) in [7, 11) is 0. The van der Waals surface area contributed by atoms with E-state index < -0.39 is 0 Å². The molecule has 2 heterocycles. The van der Waals surface area contributed by atoms with Gasteiger partial charge in [-0.05, 0) is 35.3 Å². The van der Waals surface area contributed by atoms with Crippen molar-refractivity contribution in [2.45, 2.75) is 0 Å². The lowest BCUT2D eigenvalue weighted by Crippen LogP contribution is -1.83. The van der Waals surface area contributed by atoms with E-state index in [1.54, 1.807) is 18.3 Å². The van der Waals surface area contributed by atoms with Crippen LogP contribution in [0.4, 0.5) is 0 Å². The molecule has 0 aromatic carbocycles. The molecule has 0 bridgehead atoms. The first-order valence-electron chi connectivity index (χ1n) is 3.37. The van der Waals surface area contributed by atoms with Crippen molar-refractivity contribution in [3.63, 3.8) is 0 Å². The molecule has 0 unspecified atom stereocenters. The quantitative estimate of drug-likeness (QED) is 0.758. The normalized spacial score (nSPS) is 10.3. The van der Waals surface area contributed by atoms with E-state index >= 15 is 0 Å². The summed E-state index contributed by atoms with van der Waals surface area (Å²) in [6.07, 6.45) is 1.55. The maximum atomic E-state index is 5.68. The summed E-state index contributed by atoms with van der Waals surface area (Å²) in [4.78, 5) is 8.03. The maximum Gasteiger partial charge on any atom is 0.203 e. The van der Waals surface area contributed by atoms with Crippen molar-refractivity contribution in [3.8, 4) is 11.5 Å². The SMILES string of the molecule is Clc1ccc(-c2nsc(Cl)n2)nc1. The molecule has 6 heteroatoms. The minimum atomic E-state index is 0.409. The van der Waals surface area contributed by atoms with Crippen LogP contribution in [0.15, 0.2) is 18.3 Å². The fourth-order valence-corrected chi connectivity index (χ4v) is 1.54. The molecular weight excluding hydrogens is 229 g/mol. The Hall–Kier alpha value is -0.710. The van der Waals surface area contributed by atoms with Gasteiger partial charge in [0.1, 0.15) is 5.69 Å². The Labute approximate surface area is 88.5 Å². The summed E-state index contributed by atoms with van der Waals surface area (Å²) in [5.41, 5.74) is 0.674. The molecule has 66 valence electrons. The Morgan fingerprint density at radius 1 is 1.23 bits per heavy atom. The molecule has 0 saturated carbocycles. The third-order valence-corrected chi connectivity index (χ3v) is 2.38. The van der Waals surface area contributed by atoms with E-state index in [1.165, 1.54) is 0 Å². The molecule has 0 aliphatic heterocycles. The first-order valence-corrected chi connectivity index (χ1v) is 4.90. The highest BCUT2D eigenvalue weighted by Crippen LogP contribution is 2.19. The molecule has 0 aliphatic carbocycles. The second-order valence-electron chi connectivity index (χ2n) is 2.23. The van der Waals surface area contributed by atoms with Gasteiger partial charge in [-0.1, -0.05) is 11.6 Å². The number of hydrogen-bond acceptors (Lipinski definition) is 4. The standard InChI is InChI=1S/C7H3Cl2N3S/c8-4-1-2-5(10-3-4)6-11-7(9)13-12-6/h1-3H. The minimum absolute atomic E-state index is 0.409. The molecule has 0 fully saturated rings. The van der Waals surface area contributed by atoms with Gasteiger partial charge in [0.05, 0.1) is 5.02 Å². The monoisotopic (exact) mass is 231 g/mol. The highest BCUT2D eigenvalue weighted by molar-refractivity contribution is 7.10. The van der Waals surface area contributed by atoms with Crippen molar-refractivity contribution >= 4 is 34.7 Å². The molecular formula is C7H3Cl2N3S. The van der Waals surface area contributed by atoms with Gasteiger partial charge in [-0.25, -0.2) is 4.98 Å². The van der Waals surface area contributed by atoms with Gasteiger partial charge < -0.3 is 0 Å². The maximum absolute atomic E-state index is 5.68. The Kier molecular flexibility index (Phi) is 2.44. The second-order valence-corrected chi connectivity index (χ2v) is 4.00. The number of halogens is 2. The van der Waals surface area contributed by atoms with Crippen LogP contribution in [-0.2, 0) is 0 Å². The molecule has 0 saturated heterocycles. The van der Waals surface area contributed by atoms with Gasteiger partial charge in [-0.2, -0.15) is 4.37 Å². The molecule has 2 aromatic rings. The highest BCUT2D eigenvalue weighted by atomic mass is 35.5. The predicted molar refractivity (Wildman–Crippen MR) is 53.2 cm³/mol. The van der Waals surface area contributed by atoms with E-state index in [0.717, 1.165) is 11.5 Å². The van der Waals surface area contributed by atoms with Crippen LogP contribution >= 0.6 is 34.7 Å². The van der Waals surface area contributed by atoms with Gasteiger partial charge in [-0.15, -0.1) is 0 Å². The third-order valence-electron chi connectivity index (χ3n) is 1.36. The summed E-state index contributed by atoms with van der Waals surface area (Å²) in [5, 5.41) is 0.588. The van der Waals surface area contributed by atoms with Crippen molar-refractivity contribution in [1.82, 2.24) is 14.3 Å². The lowest BCUT2D eigenvalue weighted by molar-refractivity contribution is 1.23. The van der Waals surface area contributed by atoms with Gasteiger partial charge in [0.15, 0.2) is 5.82 Å². The molecule has 0 spiro atoms. The summed E-state index contributed by atoms with van der Waals surface area (Å²) >= 11 is 12.4. The number of aromatic nitrogens is 3. The van der Waals surface area contributed by atoms with Gasteiger partial charge in [0, 0.05) is 6.20 Å². The van der Waals surface area contributed by atoms with E-state index in [1.807, 2.05) is 0 Å². The third kappa shape index (κ3) is 1.96. The number of hydrogen-bond donors (Lipinski definition) is 0. The lowest BCUT2D eigenvalue weighted by Gasteiger charge is -1.92. The summed E-state index contributed by atoms with van der Waals surface area (Å²) in [5.74, 6) is 0.534. The average molecular weight is 232 g/mol. The van der Waals surface area contributed by atoms with Crippen molar-refractivity contribution in [2.75, 3.05) is 0 Å². The van der Waals surface area contributed by atoms with Crippen LogP contribution in [0.1, 0.15) is 0 Å². The molecule has 0 amide bonds. The first-order chi connectivity index (χ1) is 6.25. The number of nitrogens with zero attached hydrogens (tertiary/aromatic N) is 3. The molecule has 0 aliphatic rings. The summed E-state index contributed by atoms with van der Waals surface area (Å²) in [6, 6.07) is 3.49. The van der Waals surface area contributed by atoms with Crippen LogP contribution in [0.25, 0.3) is 11.5 Å². The van der Waals surface area contributed by atoms with Crippen molar-refractivity contribution in [3.05, 3.63) is 27.8 Å². The van der Waals surface area contributed by atoms with Crippen molar-refractivity contribution in [1.29, 1.82) is 0 Å². The van der Waals surface area contributed by atoms with E-state index in [9.17, 15) is 0 Å². The van der Waals surface area contributed by atoms with Gasteiger partial charge in [-0.3, -0.25) is 4.98 Å². The van der Waals surface area contributed by atoms with Crippen LogP contribution in [-0.4, -0.2) is 14.3 Å². The second kappa shape index (κ2) is 3.57. The lowest BCUT2D eigenvalue weighted by atomic mass is 10.3. The highest BCUT2D eigenvalue weighted by Gasteiger charge is 2.05. The Morgan fingerprint density at radius 3 is 2.62 bits per heavy atom. The molecule has 13 heavy (non-hydrogen) atoms. The summed E-state index contributed by atoms with van der Waals surface area (Å²) in [6.45, 7) is 0. The molecule has 2 aromatic heterocycles. The van der Waals surface area contributed by atoms with Crippen molar-refractivity contribution < 1.29 is 0 Å². The van der Waals surface area contributed by atoms with Gasteiger partial charge >= 0.3 is 0 Å². The Bertz CT molecular complexity index is 412. The minimum Gasteiger partial charge on any atom is -0.251 e. The van der Waals surface area contributed by atoms with Gasteiger partial charge in [0.2, 0.25) is 4.47 Å². The van der Waals surface area contributed by atoms with Crippen LogP contribution < -0.4 is 0 Å². The van der Waals surface area contributed by atoms with Gasteiger partial charge in [0.25, 0.3) is 0 Å². The predicted octanol–water partition coefficient (Wildman–Crippen LogP) is 2.91. The van der Waals surface area contributed by atoms with E-state index in [0.29, 0.717) is 21.0 Å². The summed E-state index contributed by atoms with van der Waals surface area (Å²) < 4.78 is 4.42. The van der Waals surface area contributed by atoms with E-state index in [4.69, 9.17) is 23.2 Å². The van der Waals surface area contributed by atoms with Crippen LogP contribution in [0.5, 0.6) is 0 Å². The molecule has 3 nitrogen and oxygen atoms in total. The topological polar surface area (TPSA) is 38.7 Å². The molecule has 0 radical (unpaired) electrons. The zero-order valence-electron chi connectivity index (χ0n) is 6.24. The zero-order chi connectivity index (χ0) is 9.26. The first kappa shape index (κ1) is 8.87. The smallest absolute Gasteiger partial charge is 0.203 e. The van der Waals surface area contributed by atoms with Crippen LogP contribution in [0.3, 0.4) is 0 Å². The molecule has 0 N–H and O–H groups in total. The number of pyridine rings is 1. The largest absolute Gasteiger partial charge is 0.251 e. The van der Waals surface area contributed by atoms with E-state index in [-0.39, 0.29) is 0 Å². The Morgan fingerprint density at radius 2 is 2.08 bits per heavy atom. The van der Waals surface area contributed by atoms with Crippen LogP contribution in [0.2, 0.25) is 9.49 Å². The molecule has 0 atom stereocenters. The van der Waals surface area contributed by atoms with Crippen molar-refractivity contribution in [2.24, 2.45) is 0 Å². The zero-order valence-corrected chi connectivity index (χ0v) is 8.57.